The van der Waals surface area contributed by atoms with Crippen LogP contribution < -0.4 is 4.74 Å². The average molecular weight is 381 g/mol. The fraction of sp³-hybridized carbons (Fsp3) is 0.318. The molecule has 2 aromatic carbocycles. The van der Waals surface area contributed by atoms with Gasteiger partial charge in [0.2, 0.25) is 0 Å². The fourth-order valence-electron chi connectivity index (χ4n) is 4.56. The molecule has 0 unspecified atom stereocenters. The third kappa shape index (κ3) is 2.54. The predicted octanol–water partition coefficient (Wildman–Crippen LogP) is 4.40. The van der Waals surface area contributed by atoms with Gasteiger partial charge in [-0.25, -0.2) is 0 Å². The monoisotopic (exact) mass is 380 g/mol. The molecule has 1 spiro atoms. The van der Waals surface area contributed by atoms with Crippen molar-refractivity contribution < 1.29 is 9.53 Å². The summed E-state index contributed by atoms with van der Waals surface area (Å²) in [4.78, 5) is 15.1. The molecule has 4 nitrogen and oxygen atoms in total. The number of piperidine rings is 1. The van der Waals surface area contributed by atoms with Crippen molar-refractivity contribution in [2.45, 2.75) is 18.3 Å². The number of aromatic nitrogens is 1. The highest BCUT2D eigenvalue weighted by Gasteiger charge is 2.43. The molecule has 3 heterocycles. The highest BCUT2D eigenvalue weighted by molar-refractivity contribution is 6.31. The molecule has 2 aliphatic heterocycles. The zero-order chi connectivity index (χ0) is 18.6. The molecule has 0 bridgehead atoms. The first kappa shape index (κ1) is 16.7. The zero-order valence-corrected chi connectivity index (χ0v) is 16.0. The standard InChI is InChI=1S/C22H21ClN2O2/c1-24-18-7-6-16(23)12-15(18)13-19(24)21(26)25-10-8-22(9-11-25)14-27-20-5-3-2-4-17(20)22/h2-7,12-13H,8-11,14H2,1H3. The molecule has 138 valence electrons. The minimum atomic E-state index is 0.0554. The Kier molecular flexibility index (Phi) is 3.73. The van der Waals surface area contributed by atoms with Crippen molar-refractivity contribution in [1.29, 1.82) is 0 Å². The van der Waals surface area contributed by atoms with Gasteiger partial charge < -0.3 is 14.2 Å². The summed E-state index contributed by atoms with van der Waals surface area (Å²) in [5.74, 6) is 1.09. The normalized spacial score (nSPS) is 17.9. The van der Waals surface area contributed by atoms with Crippen LogP contribution in [0.3, 0.4) is 0 Å². The molecule has 0 saturated carbocycles. The molecule has 5 heteroatoms. The van der Waals surface area contributed by atoms with Crippen LogP contribution in [-0.2, 0) is 12.5 Å². The maximum Gasteiger partial charge on any atom is 0.270 e. The lowest BCUT2D eigenvalue weighted by molar-refractivity contribution is 0.0637. The number of nitrogens with zero attached hydrogens (tertiary/aromatic N) is 2. The second-order valence-corrected chi connectivity index (χ2v) is 8.09. The van der Waals surface area contributed by atoms with Crippen molar-refractivity contribution in [2.75, 3.05) is 19.7 Å². The largest absolute Gasteiger partial charge is 0.492 e. The molecule has 2 aliphatic rings. The van der Waals surface area contributed by atoms with Crippen molar-refractivity contribution >= 4 is 28.4 Å². The number of fused-ring (bicyclic) bond motifs is 3. The van der Waals surface area contributed by atoms with E-state index in [9.17, 15) is 4.79 Å². The average Bonchev–Trinajstić information content (AvgIpc) is 3.20. The second-order valence-electron chi connectivity index (χ2n) is 7.65. The number of likely N-dealkylation sites (tertiary alicyclic amines) is 1. The van der Waals surface area contributed by atoms with Crippen LogP contribution in [0.4, 0.5) is 0 Å². The lowest BCUT2D eigenvalue weighted by Crippen LogP contribution is -2.46. The molecular weight excluding hydrogens is 360 g/mol. The van der Waals surface area contributed by atoms with Gasteiger partial charge in [-0.3, -0.25) is 4.79 Å². The van der Waals surface area contributed by atoms with Gasteiger partial charge in [-0.2, -0.15) is 0 Å². The minimum absolute atomic E-state index is 0.0554. The van der Waals surface area contributed by atoms with Crippen LogP contribution in [0.15, 0.2) is 48.5 Å². The zero-order valence-electron chi connectivity index (χ0n) is 15.2. The second kappa shape index (κ2) is 6.03. The van der Waals surface area contributed by atoms with Gasteiger partial charge in [0.15, 0.2) is 0 Å². The Morgan fingerprint density at radius 3 is 2.70 bits per heavy atom. The number of amides is 1. The Balaban J connectivity index is 1.39. The number of ether oxygens (including phenoxy) is 1. The van der Waals surface area contributed by atoms with E-state index in [2.05, 4.69) is 12.1 Å². The highest BCUT2D eigenvalue weighted by atomic mass is 35.5. The topological polar surface area (TPSA) is 34.5 Å². The Morgan fingerprint density at radius 2 is 1.89 bits per heavy atom. The Hall–Kier alpha value is -2.46. The van der Waals surface area contributed by atoms with Gasteiger partial charge >= 0.3 is 0 Å². The summed E-state index contributed by atoms with van der Waals surface area (Å²) < 4.78 is 7.89. The molecule has 0 N–H and O–H groups in total. The number of para-hydroxylation sites is 1. The smallest absolute Gasteiger partial charge is 0.270 e. The van der Waals surface area contributed by atoms with Crippen molar-refractivity contribution in [3.8, 4) is 5.75 Å². The molecule has 0 aliphatic carbocycles. The number of hydrogen-bond acceptors (Lipinski definition) is 2. The van der Waals surface area contributed by atoms with E-state index in [0.717, 1.165) is 49.2 Å². The van der Waals surface area contributed by atoms with Crippen molar-refractivity contribution in [3.05, 3.63) is 64.8 Å². The third-order valence-corrected chi connectivity index (χ3v) is 6.43. The number of hydrogen-bond donors (Lipinski definition) is 0. The van der Waals surface area contributed by atoms with E-state index >= 15 is 0 Å². The van der Waals surface area contributed by atoms with Crippen molar-refractivity contribution in [2.24, 2.45) is 7.05 Å². The van der Waals surface area contributed by atoms with E-state index in [1.165, 1.54) is 5.56 Å². The first-order valence-electron chi connectivity index (χ1n) is 9.34. The van der Waals surface area contributed by atoms with E-state index < -0.39 is 0 Å². The predicted molar refractivity (Wildman–Crippen MR) is 107 cm³/mol. The highest BCUT2D eigenvalue weighted by Crippen LogP contribution is 2.45. The minimum Gasteiger partial charge on any atom is -0.492 e. The molecular formula is C22H21ClN2O2. The number of carbonyl (C=O) groups excluding carboxylic acids is 1. The first-order valence-corrected chi connectivity index (χ1v) is 9.72. The number of rotatable bonds is 1. The summed E-state index contributed by atoms with van der Waals surface area (Å²) in [6, 6.07) is 16.0. The molecule has 3 aromatic rings. The molecule has 0 atom stereocenters. The Bertz CT molecular complexity index is 1050. The van der Waals surface area contributed by atoms with Gasteiger partial charge in [-0.1, -0.05) is 29.8 Å². The van der Waals surface area contributed by atoms with Gasteiger partial charge in [0, 0.05) is 47.0 Å². The summed E-state index contributed by atoms with van der Waals surface area (Å²) in [6.45, 7) is 2.22. The lowest BCUT2D eigenvalue weighted by atomic mass is 9.74. The Morgan fingerprint density at radius 1 is 1.11 bits per heavy atom. The van der Waals surface area contributed by atoms with E-state index in [1.54, 1.807) is 0 Å². The number of benzene rings is 2. The number of halogens is 1. The first-order chi connectivity index (χ1) is 13.1. The summed E-state index contributed by atoms with van der Waals surface area (Å²) >= 11 is 6.10. The molecule has 1 aromatic heterocycles. The molecule has 1 saturated heterocycles. The molecule has 27 heavy (non-hydrogen) atoms. The summed E-state index contributed by atoms with van der Waals surface area (Å²) in [5, 5.41) is 1.69. The Labute approximate surface area is 163 Å². The maximum absolute atomic E-state index is 13.2. The summed E-state index contributed by atoms with van der Waals surface area (Å²) in [7, 11) is 1.94. The van der Waals surface area contributed by atoms with Crippen LogP contribution in [0.5, 0.6) is 5.75 Å². The molecule has 1 fully saturated rings. The molecule has 5 rings (SSSR count). The lowest BCUT2D eigenvalue weighted by Gasteiger charge is -2.38. The van der Waals surface area contributed by atoms with E-state index in [4.69, 9.17) is 16.3 Å². The van der Waals surface area contributed by atoms with Crippen molar-refractivity contribution in [1.82, 2.24) is 9.47 Å². The van der Waals surface area contributed by atoms with Crippen LogP contribution in [0.1, 0.15) is 28.9 Å². The van der Waals surface area contributed by atoms with Crippen LogP contribution in [0.25, 0.3) is 10.9 Å². The van der Waals surface area contributed by atoms with Crippen LogP contribution in [0, 0.1) is 0 Å². The molecule has 1 amide bonds. The van der Waals surface area contributed by atoms with Gasteiger partial charge in [0.1, 0.15) is 11.4 Å². The van der Waals surface area contributed by atoms with Gasteiger partial charge in [-0.15, -0.1) is 0 Å². The summed E-state index contributed by atoms with van der Waals surface area (Å²) in [5.41, 5.74) is 3.09. The van der Waals surface area contributed by atoms with Crippen LogP contribution >= 0.6 is 11.6 Å². The van der Waals surface area contributed by atoms with Crippen LogP contribution in [0.2, 0.25) is 5.02 Å². The quantitative estimate of drug-likeness (QED) is 0.627. The molecule has 0 radical (unpaired) electrons. The van der Waals surface area contributed by atoms with Gasteiger partial charge in [-0.05, 0) is 43.2 Å². The number of aryl methyl sites for hydroxylation is 1. The van der Waals surface area contributed by atoms with E-state index in [0.29, 0.717) is 10.7 Å². The van der Waals surface area contributed by atoms with Gasteiger partial charge in [0.25, 0.3) is 5.91 Å². The van der Waals surface area contributed by atoms with Crippen LogP contribution in [-0.4, -0.2) is 35.1 Å². The van der Waals surface area contributed by atoms with Crippen molar-refractivity contribution in [3.63, 3.8) is 0 Å². The van der Waals surface area contributed by atoms with E-state index in [1.807, 2.05) is 52.9 Å². The third-order valence-electron chi connectivity index (χ3n) is 6.19. The fourth-order valence-corrected chi connectivity index (χ4v) is 4.74. The summed E-state index contributed by atoms with van der Waals surface area (Å²) in [6.07, 6.45) is 1.87. The number of carbonyl (C=O) groups is 1. The SMILES string of the molecule is Cn1c(C(=O)N2CCC3(CC2)COc2ccccc23)cc2cc(Cl)ccc21. The van der Waals surface area contributed by atoms with E-state index in [-0.39, 0.29) is 11.3 Å². The van der Waals surface area contributed by atoms with Gasteiger partial charge in [0.05, 0.1) is 6.61 Å². The maximum atomic E-state index is 13.2.